The molecule has 0 spiro atoms. The van der Waals surface area contributed by atoms with E-state index in [0.29, 0.717) is 24.0 Å². The molecule has 3 N–H and O–H groups in total. The summed E-state index contributed by atoms with van der Waals surface area (Å²) in [5.41, 5.74) is 2.78. The minimum atomic E-state index is -0.483. The summed E-state index contributed by atoms with van der Waals surface area (Å²) in [5.74, 6) is 1.89. The number of nitrogens with zero attached hydrogens (tertiary/aromatic N) is 4. The second-order valence-corrected chi connectivity index (χ2v) is 8.61. The highest BCUT2D eigenvalue weighted by Crippen LogP contribution is 2.22. The lowest BCUT2D eigenvalue weighted by atomic mass is 10.0. The molecule has 0 aliphatic rings. The molecule has 1 aromatic rings. The number of aliphatic hydroxyl groups is 1. The zero-order valence-corrected chi connectivity index (χ0v) is 20.8. The van der Waals surface area contributed by atoms with Gasteiger partial charge in [0.05, 0.1) is 6.10 Å². The van der Waals surface area contributed by atoms with E-state index in [0.717, 1.165) is 23.3 Å². The predicted octanol–water partition coefficient (Wildman–Crippen LogP) is 5.30. The molecule has 7 nitrogen and oxygen atoms in total. The maximum absolute atomic E-state index is 10.3. The normalized spacial score (nSPS) is 14.3. The van der Waals surface area contributed by atoms with Crippen LogP contribution in [-0.2, 0) is 0 Å². The summed E-state index contributed by atoms with van der Waals surface area (Å²) in [6.45, 7) is 11.9. The van der Waals surface area contributed by atoms with Crippen molar-refractivity contribution in [3.05, 3.63) is 60.2 Å². The van der Waals surface area contributed by atoms with Crippen molar-refractivity contribution in [3.8, 4) is 0 Å². The summed E-state index contributed by atoms with van der Waals surface area (Å²) in [4.78, 5) is 14.8. The third-order valence-corrected chi connectivity index (χ3v) is 5.52. The van der Waals surface area contributed by atoms with Crippen LogP contribution in [0, 0.1) is 0 Å². The van der Waals surface area contributed by atoms with E-state index in [-0.39, 0.29) is 0 Å². The molecule has 1 atom stereocenters. The molecule has 0 fully saturated rings. The number of anilines is 2. The minimum absolute atomic E-state index is 0.483. The van der Waals surface area contributed by atoms with Gasteiger partial charge in [0.2, 0.25) is 5.96 Å². The maximum Gasteiger partial charge on any atom is 0.208 e. The number of aliphatic hydroxyl groups excluding tert-OH is 1. The number of allylic oxidation sites excluding steroid dienone is 3. The summed E-state index contributed by atoms with van der Waals surface area (Å²) in [7, 11) is 4.78. The van der Waals surface area contributed by atoms with Crippen LogP contribution in [0.3, 0.4) is 0 Å². The van der Waals surface area contributed by atoms with E-state index in [1.165, 1.54) is 17.3 Å². The lowest BCUT2D eigenvalue weighted by molar-refractivity contribution is 0.210. The molecule has 0 amide bonds. The van der Waals surface area contributed by atoms with E-state index in [1.807, 2.05) is 45.2 Å². The molecule has 1 unspecified atom stereocenters. The average Bonchev–Trinajstić information content (AvgIpc) is 2.79. The summed E-state index contributed by atoms with van der Waals surface area (Å²) in [5, 5.41) is 13.7. The minimum Gasteiger partial charge on any atom is -0.388 e. The Labute approximate surface area is 194 Å². The lowest BCUT2D eigenvalue weighted by Gasteiger charge is -2.23. The second-order valence-electron chi connectivity index (χ2n) is 6.40. The zero-order chi connectivity index (χ0) is 23.2. The molecule has 31 heavy (non-hydrogen) atoms. The Hall–Kier alpha value is -2.23. The first-order valence-electron chi connectivity index (χ1n) is 10.1. The quantitative estimate of drug-likeness (QED) is 0.134. The first-order valence-corrected chi connectivity index (χ1v) is 12.7. The van der Waals surface area contributed by atoms with Gasteiger partial charge in [0.15, 0.2) is 0 Å². The Kier molecular flexibility index (Phi) is 12.7. The molecule has 170 valence electrons. The van der Waals surface area contributed by atoms with Crippen molar-refractivity contribution in [1.82, 2.24) is 15.3 Å². The lowest BCUT2D eigenvalue weighted by Crippen LogP contribution is -2.38. The van der Waals surface area contributed by atoms with Crippen LogP contribution in [0.4, 0.5) is 11.6 Å². The molecular formula is C22H34N6OS2. The zero-order valence-electron chi connectivity index (χ0n) is 19.2. The number of rotatable bonds is 11. The topological polar surface area (TPSA) is 85.7 Å². The van der Waals surface area contributed by atoms with E-state index >= 15 is 0 Å². The van der Waals surface area contributed by atoms with Gasteiger partial charge in [-0.2, -0.15) is 0 Å². The van der Waals surface area contributed by atoms with Crippen molar-refractivity contribution >= 4 is 39.4 Å². The van der Waals surface area contributed by atoms with Crippen molar-refractivity contribution in [2.45, 2.75) is 46.6 Å². The van der Waals surface area contributed by atoms with Gasteiger partial charge in [-0.05, 0) is 44.1 Å². The van der Waals surface area contributed by atoms with Crippen LogP contribution >= 0.6 is 21.8 Å². The van der Waals surface area contributed by atoms with Crippen molar-refractivity contribution in [2.24, 2.45) is 4.99 Å². The Morgan fingerprint density at radius 2 is 2.13 bits per heavy atom. The molecule has 1 heterocycles. The van der Waals surface area contributed by atoms with Crippen molar-refractivity contribution in [2.75, 3.05) is 22.9 Å². The van der Waals surface area contributed by atoms with Crippen molar-refractivity contribution < 1.29 is 5.11 Å². The Balaban J connectivity index is 3.16. The number of nitrogens with one attached hydrogen (secondary N) is 2. The average molecular weight is 463 g/mol. The molecule has 1 aromatic heterocycles. The van der Waals surface area contributed by atoms with Crippen molar-refractivity contribution in [1.29, 1.82) is 0 Å². The van der Waals surface area contributed by atoms with Crippen LogP contribution in [0.5, 0.6) is 0 Å². The number of hydrogen-bond acceptors (Lipinski definition) is 7. The van der Waals surface area contributed by atoms with Gasteiger partial charge in [-0.15, -0.1) is 0 Å². The Bertz CT molecular complexity index is 835. The number of aromatic nitrogens is 2. The highest BCUT2D eigenvalue weighted by Gasteiger charge is 2.15. The van der Waals surface area contributed by atoms with Crippen LogP contribution in [0.1, 0.15) is 40.5 Å². The van der Waals surface area contributed by atoms with Gasteiger partial charge < -0.3 is 15.1 Å². The van der Waals surface area contributed by atoms with Crippen LogP contribution in [0.15, 0.2) is 65.2 Å². The van der Waals surface area contributed by atoms with E-state index in [1.54, 1.807) is 28.9 Å². The van der Waals surface area contributed by atoms with Gasteiger partial charge in [-0.25, -0.2) is 9.97 Å². The van der Waals surface area contributed by atoms with Crippen LogP contribution in [-0.4, -0.2) is 40.4 Å². The van der Waals surface area contributed by atoms with Crippen LogP contribution in [0.25, 0.3) is 0 Å². The highest BCUT2D eigenvalue weighted by molar-refractivity contribution is 8.76. The number of guanidine groups is 1. The molecule has 0 aliphatic heterocycles. The van der Waals surface area contributed by atoms with E-state index in [9.17, 15) is 5.11 Å². The largest absolute Gasteiger partial charge is 0.388 e. The van der Waals surface area contributed by atoms with Gasteiger partial charge in [0, 0.05) is 36.0 Å². The number of hydrogen-bond donors (Lipinski definition) is 3. The molecule has 0 bridgehead atoms. The third-order valence-electron chi connectivity index (χ3n) is 4.31. The predicted molar refractivity (Wildman–Crippen MR) is 138 cm³/mol. The molecule has 0 aliphatic carbocycles. The van der Waals surface area contributed by atoms with E-state index in [4.69, 9.17) is 0 Å². The fourth-order valence-corrected chi connectivity index (χ4v) is 3.53. The van der Waals surface area contributed by atoms with Gasteiger partial charge >= 0.3 is 0 Å². The number of aliphatic imine (C=N–C) groups is 1. The standard InChI is InChI=1S/C22H34N6OS2/c1-8-12-17(19(29)10-3)13-16(5)18(9-2)26-22(23-6)28(11-4)21-14-20(24-15-25-21)27-31-30-7/h9,11-15,19,29H,4,8,10H2,1-3,5-7H3,(H,23,26)(H,24,25,27)/b16-13-,17-12+,18-9+. The fraction of sp³-hybridized carbons (Fsp3) is 0.409. The Morgan fingerprint density at radius 1 is 1.39 bits per heavy atom. The van der Waals surface area contributed by atoms with Gasteiger partial charge in [0.25, 0.3) is 0 Å². The summed E-state index contributed by atoms with van der Waals surface area (Å²) >= 11 is 0. The summed E-state index contributed by atoms with van der Waals surface area (Å²) < 4.78 is 3.15. The van der Waals surface area contributed by atoms with Crippen LogP contribution < -0.4 is 14.9 Å². The monoisotopic (exact) mass is 462 g/mol. The molecule has 0 saturated carbocycles. The van der Waals surface area contributed by atoms with E-state index in [2.05, 4.69) is 44.6 Å². The molecule has 0 radical (unpaired) electrons. The summed E-state index contributed by atoms with van der Waals surface area (Å²) in [6.07, 6.45) is 12.2. The Morgan fingerprint density at radius 3 is 2.68 bits per heavy atom. The van der Waals surface area contributed by atoms with Gasteiger partial charge in [-0.1, -0.05) is 49.4 Å². The molecule has 1 rings (SSSR count). The van der Waals surface area contributed by atoms with E-state index < -0.39 is 6.10 Å². The third kappa shape index (κ3) is 8.43. The van der Waals surface area contributed by atoms with Crippen molar-refractivity contribution in [3.63, 3.8) is 0 Å². The highest BCUT2D eigenvalue weighted by atomic mass is 33.1. The molecule has 0 saturated heterocycles. The molecular weight excluding hydrogens is 428 g/mol. The first-order chi connectivity index (χ1) is 14.9. The second kappa shape index (κ2) is 14.7. The summed E-state index contributed by atoms with van der Waals surface area (Å²) in [6, 6.07) is 1.83. The van der Waals surface area contributed by atoms with Crippen LogP contribution in [0.2, 0.25) is 0 Å². The van der Waals surface area contributed by atoms with Gasteiger partial charge in [0.1, 0.15) is 18.0 Å². The molecule has 0 aromatic carbocycles. The van der Waals surface area contributed by atoms with Gasteiger partial charge in [-0.3, -0.25) is 9.89 Å². The SMILES string of the molecule is C=CN(C(=NC)NC(=C/C)/C(C)=C\C(=C/CC)C(O)CC)c1cc(NSSC)ncn1. The maximum atomic E-state index is 10.3. The smallest absolute Gasteiger partial charge is 0.208 e. The fourth-order valence-electron chi connectivity index (χ4n) is 2.74. The first kappa shape index (κ1) is 26.8. The molecule has 9 heteroatoms.